The molecule has 0 bridgehead atoms. The number of carbonyl (C=O) groups excluding carboxylic acids is 1. The number of sulfone groups is 1. The highest BCUT2D eigenvalue weighted by Crippen LogP contribution is 1.92. The number of hydrogen-bond donors (Lipinski definition) is 2. The average Bonchev–Trinajstić information content (AvgIpc) is 2.00. The van der Waals surface area contributed by atoms with Gasteiger partial charge in [0.1, 0.15) is 9.84 Å². The third-order valence-corrected chi connectivity index (χ3v) is 2.72. The van der Waals surface area contributed by atoms with Crippen LogP contribution in [0.2, 0.25) is 0 Å². The molecular formula is C9H16N2O3S. The van der Waals surface area contributed by atoms with E-state index in [9.17, 15) is 13.2 Å². The second-order valence-electron chi connectivity index (χ2n) is 3.52. The van der Waals surface area contributed by atoms with Gasteiger partial charge in [-0.05, 0) is 6.92 Å². The molecule has 3 N–H and O–H groups in total. The molecule has 0 aliphatic rings. The molecule has 0 fully saturated rings. The Morgan fingerprint density at radius 3 is 2.53 bits per heavy atom. The Morgan fingerprint density at radius 1 is 1.60 bits per heavy atom. The lowest BCUT2D eigenvalue weighted by Gasteiger charge is -2.15. The maximum Gasteiger partial charge on any atom is 0.238 e. The van der Waals surface area contributed by atoms with Gasteiger partial charge in [-0.25, -0.2) is 8.42 Å². The van der Waals surface area contributed by atoms with Crippen molar-refractivity contribution in [3.63, 3.8) is 0 Å². The second kappa shape index (κ2) is 5.73. The van der Waals surface area contributed by atoms with Crippen molar-refractivity contribution < 1.29 is 13.2 Å². The van der Waals surface area contributed by atoms with Crippen molar-refractivity contribution in [1.82, 2.24) is 5.32 Å². The second-order valence-corrected chi connectivity index (χ2v) is 5.70. The zero-order valence-electron chi connectivity index (χ0n) is 8.86. The van der Waals surface area contributed by atoms with Gasteiger partial charge in [0.25, 0.3) is 0 Å². The van der Waals surface area contributed by atoms with Crippen molar-refractivity contribution in [2.45, 2.75) is 25.4 Å². The first kappa shape index (κ1) is 13.9. The summed E-state index contributed by atoms with van der Waals surface area (Å²) in [7, 11) is -3.10. The summed E-state index contributed by atoms with van der Waals surface area (Å²) in [6.45, 7) is 1.60. The molecule has 2 unspecified atom stereocenters. The number of carbonyl (C=O) groups is 1. The molecule has 2 atom stereocenters. The summed E-state index contributed by atoms with van der Waals surface area (Å²) in [6.07, 6.45) is 6.24. The van der Waals surface area contributed by atoms with E-state index in [2.05, 4.69) is 11.2 Å². The molecule has 6 heteroatoms. The highest BCUT2D eigenvalue weighted by atomic mass is 32.2. The highest BCUT2D eigenvalue weighted by Gasteiger charge is 2.17. The smallest absolute Gasteiger partial charge is 0.238 e. The minimum Gasteiger partial charge on any atom is -0.351 e. The number of amides is 1. The van der Waals surface area contributed by atoms with Crippen LogP contribution in [0.4, 0.5) is 0 Å². The van der Waals surface area contributed by atoms with Gasteiger partial charge < -0.3 is 11.1 Å². The predicted octanol–water partition coefficient (Wildman–Crippen LogP) is -1.11. The average molecular weight is 232 g/mol. The summed E-state index contributed by atoms with van der Waals surface area (Å²) in [5, 5.41) is 2.48. The van der Waals surface area contributed by atoms with E-state index in [1.54, 1.807) is 6.92 Å². The Morgan fingerprint density at radius 2 is 2.13 bits per heavy atom. The van der Waals surface area contributed by atoms with Crippen LogP contribution in [0.15, 0.2) is 0 Å². The fraction of sp³-hybridized carbons (Fsp3) is 0.667. The van der Waals surface area contributed by atoms with Crippen LogP contribution in [0, 0.1) is 12.3 Å². The van der Waals surface area contributed by atoms with Crippen LogP contribution < -0.4 is 11.1 Å². The Hall–Kier alpha value is -1.06. The van der Waals surface area contributed by atoms with Crippen LogP contribution in [0.3, 0.4) is 0 Å². The Bertz CT molecular complexity index is 356. The Balaban J connectivity index is 4.14. The summed E-state index contributed by atoms with van der Waals surface area (Å²) in [5.74, 6) is 1.73. The number of rotatable bonds is 5. The van der Waals surface area contributed by atoms with Crippen LogP contribution >= 0.6 is 0 Å². The minimum atomic E-state index is -3.10. The standard InChI is InChI=1S/C9H16N2O3S/c1-4-5-8(10)9(12)11-7(2)6-15(3,13)14/h1,7-8H,5-6,10H2,2-3H3,(H,11,12). The summed E-state index contributed by atoms with van der Waals surface area (Å²) < 4.78 is 21.8. The number of terminal acetylenes is 1. The summed E-state index contributed by atoms with van der Waals surface area (Å²) in [5.41, 5.74) is 5.44. The van der Waals surface area contributed by atoms with Gasteiger partial charge in [-0.2, -0.15) is 0 Å². The lowest BCUT2D eigenvalue weighted by atomic mass is 10.2. The maximum atomic E-state index is 11.3. The first-order chi connectivity index (χ1) is 6.76. The van der Waals surface area contributed by atoms with Crippen LogP contribution in [0.1, 0.15) is 13.3 Å². The van der Waals surface area contributed by atoms with Gasteiger partial charge in [0.05, 0.1) is 11.8 Å². The summed E-state index contributed by atoms with van der Waals surface area (Å²) in [6, 6.07) is -1.24. The molecule has 0 rings (SSSR count). The molecule has 0 aromatic heterocycles. The minimum absolute atomic E-state index is 0.110. The van der Waals surface area contributed by atoms with Gasteiger partial charge in [-0.3, -0.25) is 4.79 Å². The van der Waals surface area contributed by atoms with Crippen LogP contribution in [-0.4, -0.2) is 38.4 Å². The summed E-state index contributed by atoms with van der Waals surface area (Å²) in [4.78, 5) is 11.3. The fourth-order valence-electron chi connectivity index (χ4n) is 1.07. The van der Waals surface area contributed by atoms with Gasteiger partial charge >= 0.3 is 0 Å². The Kier molecular flexibility index (Phi) is 5.33. The van der Waals surface area contributed by atoms with E-state index in [-0.39, 0.29) is 12.2 Å². The van der Waals surface area contributed by atoms with Gasteiger partial charge in [-0.1, -0.05) is 0 Å². The van der Waals surface area contributed by atoms with Crippen molar-refractivity contribution in [2.75, 3.05) is 12.0 Å². The molecule has 0 aromatic rings. The molecule has 5 nitrogen and oxygen atoms in total. The highest BCUT2D eigenvalue weighted by molar-refractivity contribution is 7.90. The zero-order chi connectivity index (χ0) is 12.1. The van der Waals surface area contributed by atoms with Crippen molar-refractivity contribution in [1.29, 1.82) is 0 Å². The third kappa shape index (κ3) is 6.94. The quantitative estimate of drug-likeness (QED) is 0.588. The topological polar surface area (TPSA) is 89.3 Å². The van der Waals surface area contributed by atoms with E-state index in [0.29, 0.717) is 0 Å². The van der Waals surface area contributed by atoms with Crippen LogP contribution in [-0.2, 0) is 14.6 Å². The SMILES string of the molecule is C#CCC(N)C(=O)NC(C)CS(C)(=O)=O. The van der Waals surface area contributed by atoms with E-state index in [0.717, 1.165) is 6.26 Å². The van der Waals surface area contributed by atoms with Crippen LogP contribution in [0.25, 0.3) is 0 Å². The molecule has 0 heterocycles. The molecule has 1 amide bonds. The van der Waals surface area contributed by atoms with Gasteiger partial charge in [0.2, 0.25) is 5.91 Å². The third-order valence-electron chi connectivity index (χ3n) is 1.62. The molecule has 0 saturated heterocycles. The Labute approximate surface area is 90.3 Å². The van der Waals surface area contributed by atoms with Crippen molar-refractivity contribution in [2.24, 2.45) is 5.73 Å². The molecule has 0 spiro atoms. The molecule has 0 radical (unpaired) electrons. The van der Waals surface area contributed by atoms with E-state index in [4.69, 9.17) is 12.2 Å². The van der Waals surface area contributed by atoms with Gasteiger partial charge in [0, 0.05) is 18.7 Å². The van der Waals surface area contributed by atoms with Crippen molar-refractivity contribution >= 4 is 15.7 Å². The molecule has 15 heavy (non-hydrogen) atoms. The van der Waals surface area contributed by atoms with Crippen molar-refractivity contribution in [3.05, 3.63) is 0 Å². The predicted molar refractivity (Wildman–Crippen MR) is 58.7 cm³/mol. The van der Waals surface area contributed by atoms with Gasteiger partial charge in [0.15, 0.2) is 0 Å². The number of nitrogens with one attached hydrogen (secondary N) is 1. The normalized spacial score (nSPS) is 15.1. The first-order valence-electron chi connectivity index (χ1n) is 4.43. The summed E-state index contributed by atoms with van der Waals surface area (Å²) >= 11 is 0. The van der Waals surface area contributed by atoms with E-state index >= 15 is 0 Å². The molecule has 0 saturated carbocycles. The fourth-order valence-corrected chi connectivity index (χ4v) is 2.06. The van der Waals surface area contributed by atoms with E-state index in [1.807, 2.05) is 0 Å². The largest absolute Gasteiger partial charge is 0.351 e. The molecule has 0 aliphatic carbocycles. The van der Waals surface area contributed by atoms with E-state index in [1.165, 1.54) is 0 Å². The number of nitrogens with two attached hydrogens (primary N) is 1. The molecule has 86 valence electrons. The first-order valence-corrected chi connectivity index (χ1v) is 6.49. The van der Waals surface area contributed by atoms with E-state index < -0.39 is 27.8 Å². The maximum absolute atomic E-state index is 11.3. The van der Waals surface area contributed by atoms with Gasteiger partial charge in [-0.15, -0.1) is 12.3 Å². The van der Waals surface area contributed by atoms with Crippen LogP contribution in [0.5, 0.6) is 0 Å². The molecule has 0 aromatic carbocycles. The lowest BCUT2D eigenvalue weighted by molar-refractivity contribution is -0.122. The molecular weight excluding hydrogens is 216 g/mol. The monoisotopic (exact) mass is 232 g/mol. The van der Waals surface area contributed by atoms with Crippen molar-refractivity contribution in [3.8, 4) is 12.3 Å². The lowest BCUT2D eigenvalue weighted by Crippen LogP contribution is -2.46. The molecule has 0 aliphatic heterocycles. The number of hydrogen-bond acceptors (Lipinski definition) is 4. The zero-order valence-corrected chi connectivity index (χ0v) is 9.67.